The number of rotatable bonds is 3. The minimum atomic E-state index is -0.0490. The van der Waals surface area contributed by atoms with Gasteiger partial charge in [0.15, 0.2) is 5.69 Å². The van der Waals surface area contributed by atoms with E-state index in [4.69, 9.17) is 11.6 Å². The molecule has 8 heteroatoms. The van der Waals surface area contributed by atoms with Crippen molar-refractivity contribution in [3.8, 4) is 0 Å². The van der Waals surface area contributed by atoms with Crippen molar-refractivity contribution in [2.24, 2.45) is 0 Å². The molecule has 1 unspecified atom stereocenters. The van der Waals surface area contributed by atoms with Gasteiger partial charge in [-0.25, -0.2) is 4.52 Å². The smallest absolute Gasteiger partial charge is 0.274 e. The van der Waals surface area contributed by atoms with Gasteiger partial charge in [-0.2, -0.15) is 5.10 Å². The highest BCUT2D eigenvalue weighted by molar-refractivity contribution is 6.30. The number of nitrogens with zero attached hydrogens (tertiary/aromatic N) is 6. The van der Waals surface area contributed by atoms with Gasteiger partial charge in [0.05, 0.1) is 5.52 Å². The summed E-state index contributed by atoms with van der Waals surface area (Å²) in [5.41, 5.74) is 1.26. The Morgan fingerprint density at radius 2 is 2.28 bits per heavy atom. The van der Waals surface area contributed by atoms with Crippen molar-refractivity contribution in [1.82, 2.24) is 29.3 Å². The number of aryl methyl sites for hydroxylation is 1. The fourth-order valence-electron chi connectivity index (χ4n) is 3.43. The highest BCUT2D eigenvalue weighted by atomic mass is 35.5. The van der Waals surface area contributed by atoms with Gasteiger partial charge in [-0.3, -0.25) is 4.79 Å². The van der Waals surface area contributed by atoms with Gasteiger partial charge in [-0.15, -0.1) is 10.2 Å². The van der Waals surface area contributed by atoms with E-state index < -0.39 is 0 Å². The number of aromatic nitrogens is 5. The van der Waals surface area contributed by atoms with Crippen molar-refractivity contribution >= 4 is 23.0 Å². The fourth-order valence-corrected chi connectivity index (χ4v) is 3.60. The number of pyridine rings is 1. The third-order valence-electron chi connectivity index (χ3n) is 4.70. The van der Waals surface area contributed by atoms with Crippen molar-refractivity contribution in [3.63, 3.8) is 0 Å². The Morgan fingerprint density at radius 3 is 3.12 bits per heavy atom. The van der Waals surface area contributed by atoms with E-state index in [-0.39, 0.29) is 11.8 Å². The molecule has 1 saturated heterocycles. The van der Waals surface area contributed by atoms with E-state index in [1.165, 1.54) is 0 Å². The van der Waals surface area contributed by atoms with Crippen LogP contribution in [0.15, 0.2) is 30.7 Å². The third-order valence-corrected chi connectivity index (χ3v) is 4.94. The number of amides is 1. The quantitative estimate of drug-likeness (QED) is 0.721. The Morgan fingerprint density at radius 1 is 1.40 bits per heavy atom. The maximum Gasteiger partial charge on any atom is 0.274 e. The topological polar surface area (TPSA) is 68.3 Å². The molecule has 0 aliphatic carbocycles. The number of hydrogen-bond acceptors (Lipinski definition) is 4. The molecule has 0 N–H and O–H groups in total. The highest BCUT2D eigenvalue weighted by Crippen LogP contribution is 2.26. The molecule has 1 atom stereocenters. The normalized spacial score (nSPS) is 18.0. The van der Waals surface area contributed by atoms with Crippen LogP contribution in [-0.2, 0) is 6.54 Å². The molecule has 0 bridgehead atoms. The van der Waals surface area contributed by atoms with E-state index >= 15 is 0 Å². The molecule has 130 valence electrons. The average molecular weight is 359 g/mol. The standard InChI is InChI=1S/C17H19ClN6O/c1-2-22-11-19-20-16(22)12-4-3-6-23(10-12)17(25)15-9-14-8-13(18)5-7-24(14)21-15/h5,7-9,11-12H,2-4,6,10H2,1H3. The summed E-state index contributed by atoms with van der Waals surface area (Å²) < 4.78 is 3.72. The number of fused-ring (bicyclic) bond motifs is 1. The third kappa shape index (κ3) is 3.00. The molecule has 0 spiro atoms. The summed E-state index contributed by atoms with van der Waals surface area (Å²) in [6, 6.07) is 5.34. The van der Waals surface area contributed by atoms with E-state index in [9.17, 15) is 4.79 Å². The van der Waals surface area contributed by atoms with Crippen LogP contribution in [0.25, 0.3) is 5.52 Å². The zero-order valence-electron chi connectivity index (χ0n) is 14.0. The van der Waals surface area contributed by atoms with Crippen LogP contribution in [0.4, 0.5) is 0 Å². The predicted octanol–water partition coefficient (Wildman–Crippen LogP) is 2.62. The van der Waals surface area contributed by atoms with E-state index in [2.05, 4.69) is 22.2 Å². The van der Waals surface area contributed by atoms with Crippen molar-refractivity contribution in [2.45, 2.75) is 32.2 Å². The maximum atomic E-state index is 12.9. The van der Waals surface area contributed by atoms with E-state index in [1.54, 1.807) is 35.2 Å². The van der Waals surface area contributed by atoms with Gasteiger partial charge in [0, 0.05) is 36.8 Å². The molecule has 1 amide bonds. The molecule has 0 saturated carbocycles. The number of likely N-dealkylation sites (tertiary alicyclic amines) is 1. The summed E-state index contributed by atoms with van der Waals surface area (Å²) in [4.78, 5) is 14.8. The molecule has 3 aromatic heterocycles. The van der Waals surface area contributed by atoms with Gasteiger partial charge in [0.2, 0.25) is 0 Å². The second-order valence-electron chi connectivity index (χ2n) is 6.31. The fraction of sp³-hybridized carbons (Fsp3) is 0.412. The van der Waals surface area contributed by atoms with Gasteiger partial charge >= 0.3 is 0 Å². The Balaban J connectivity index is 1.56. The molecule has 25 heavy (non-hydrogen) atoms. The van der Waals surface area contributed by atoms with Gasteiger partial charge < -0.3 is 9.47 Å². The SMILES string of the molecule is CCn1cnnc1C1CCCN(C(=O)c2cc3cc(Cl)ccn3n2)C1. The largest absolute Gasteiger partial charge is 0.337 e. The van der Waals surface area contributed by atoms with Crippen LogP contribution in [0.1, 0.15) is 42.0 Å². The summed E-state index contributed by atoms with van der Waals surface area (Å²) in [5.74, 6) is 1.13. The predicted molar refractivity (Wildman–Crippen MR) is 93.8 cm³/mol. The van der Waals surface area contributed by atoms with Crippen molar-refractivity contribution in [3.05, 3.63) is 47.3 Å². The second kappa shape index (κ2) is 6.48. The van der Waals surface area contributed by atoms with Gasteiger partial charge in [0.25, 0.3) is 5.91 Å². The van der Waals surface area contributed by atoms with Gasteiger partial charge in [-0.05, 0) is 38.0 Å². The molecule has 1 aliphatic heterocycles. The molecule has 1 aliphatic rings. The number of carbonyl (C=O) groups excluding carboxylic acids is 1. The number of halogens is 1. The summed E-state index contributed by atoms with van der Waals surface area (Å²) in [5, 5.41) is 13.3. The molecular formula is C17H19ClN6O. The van der Waals surface area contributed by atoms with Crippen molar-refractivity contribution in [2.75, 3.05) is 13.1 Å². The summed E-state index contributed by atoms with van der Waals surface area (Å²) in [6.07, 6.45) is 5.48. The monoisotopic (exact) mass is 358 g/mol. The summed E-state index contributed by atoms with van der Waals surface area (Å²) in [7, 11) is 0. The zero-order chi connectivity index (χ0) is 17.4. The number of hydrogen-bond donors (Lipinski definition) is 0. The van der Waals surface area contributed by atoms with Crippen molar-refractivity contribution < 1.29 is 4.79 Å². The van der Waals surface area contributed by atoms with Crippen LogP contribution in [0.2, 0.25) is 5.02 Å². The molecule has 0 aromatic carbocycles. The first-order chi connectivity index (χ1) is 12.2. The van der Waals surface area contributed by atoms with Crippen LogP contribution in [0.3, 0.4) is 0 Å². The molecule has 4 heterocycles. The first kappa shape index (κ1) is 16.1. The van der Waals surface area contributed by atoms with Crippen LogP contribution < -0.4 is 0 Å². The number of carbonyl (C=O) groups is 1. The highest BCUT2D eigenvalue weighted by Gasteiger charge is 2.29. The first-order valence-corrected chi connectivity index (χ1v) is 8.85. The van der Waals surface area contributed by atoms with Gasteiger partial charge in [0.1, 0.15) is 12.2 Å². The summed E-state index contributed by atoms with van der Waals surface area (Å²) in [6.45, 7) is 4.29. The molecular weight excluding hydrogens is 340 g/mol. The van der Waals surface area contributed by atoms with E-state index in [1.807, 2.05) is 9.47 Å². The Hall–Kier alpha value is -2.41. The maximum absolute atomic E-state index is 12.9. The Kier molecular flexibility index (Phi) is 4.17. The molecule has 7 nitrogen and oxygen atoms in total. The first-order valence-electron chi connectivity index (χ1n) is 8.47. The molecule has 4 rings (SSSR count). The van der Waals surface area contributed by atoms with Crippen molar-refractivity contribution in [1.29, 1.82) is 0 Å². The summed E-state index contributed by atoms with van der Waals surface area (Å²) >= 11 is 6.01. The Labute approximate surface area is 150 Å². The minimum Gasteiger partial charge on any atom is -0.337 e. The van der Waals surface area contributed by atoms with Gasteiger partial charge in [-0.1, -0.05) is 11.6 Å². The second-order valence-corrected chi connectivity index (χ2v) is 6.75. The Bertz CT molecular complexity index is 917. The van der Waals surface area contributed by atoms with Crippen LogP contribution >= 0.6 is 11.6 Å². The lowest BCUT2D eigenvalue weighted by Gasteiger charge is -2.31. The lowest BCUT2D eigenvalue weighted by atomic mass is 9.97. The van der Waals surface area contributed by atoms with Crippen LogP contribution in [-0.4, -0.2) is 48.3 Å². The number of piperidine rings is 1. The molecule has 0 radical (unpaired) electrons. The minimum absolute atomic E-state index is 0.0490. The van der Waals surface area contributed by atoms with E-state index in [0.29, 0.717) is 17.3 Å². The van der Waals surface area contributed by atoms with Crippen LogP contribution in [0.5, 0.6) is 0 Å². The lowest BCUT2D eigenvalue weighted by Crippen LogP contribution is -2.40. The zero-order valence-corrected chi connectivity index (χ0v) is 14.7. The molecule has 3 aromatic rings. The lowest BCUT2D eigenvalue weighted by molar-refractivity contribution is 0.0697. The van der Waals surface area contributed by atoms with Crippen LogP contribution in [0, 0.1) is 0 Å². The molecule has 1 fully saturated rings. The van der Waals surface area contributed by atoms with E-state index in [0.717, 1.165) is 37.3 Å². The average Bonchev–Trinajstić information content (AvgIpc) is 3.27.